The van der Waals surface area contributed by atoms with Crippen LogP contribution in [-0.4, -0.2) is 14.6 Å². The first-order valence-corrected chi connectivity index (χ1v) is 15.4. The van der Waals surface area contributed by atoms with Crippen LogP contribution in [0, 0.1) is 45.3 Å². The van der Waals surface area contributed by atoms with Crippen LogP contribution in [0.1, 0.15) is 127 Å². The normalized spacial score (nSPS) is 44.6. The molecule has 0 aliphatic heterocycles. The summed E-state index contributed by atoms with van der Waals surface area (Å²) >= 11 is 2.77. The Hall–Kier alpha value is 0.430. The van der Waals surface area contributed by atoms with Crippen molar-refractivity contribution < 1.29 is 5.11 Å². The molecule has 1 N–H and O–H groups in total. The molecule has 4 aliphatic carbocycles. The van der Waals surface area contributed by atoms with Crippen LogP contribution < -0.4 is 0 Å². The Balaban J connectivity index is 1.60. The highest BCUT2D eigenvalue weighted by molar-refractivity contribution is 14.1. The SMILES string of the molecule is CC(CC[C@@H](C)[C@H]1CC[C@@]2(C)C3=C(CC[C@]12C)[C@@]1(C)CC[C@H](I)C(C)(C)[C@@H]1CC3)C(C)(C)O. The number of hydrogen-bond donors (Lipinski definition) is 1. The molecule has 0 aromatic carbocycles. The van der Waals surface area contributed by atoms with Gasteiger partial charge in [0.05, 0.1) is 5.60 Å². The standard InChI is InChI=1S/C31H53IO/c1-20(10-11-21(2)28(5,6)33)22-14-18-31(9)24-12-13-25-27(3,4)26(32)16-17-29(25,7)23(24)15-19-30(22,31)8/h20-22,25-26,33H,10-19H2,1-9H3/t20-,21?,22-,25+,26+,29-,30-,31+/m1/s1. The molecule has 33 heavy (non-hydrogen) atoms. The molecule has 4 rings (SSSR count). The molecule has 1 unspecified atom stereocenters. The largest absolute Gasteiger partial charge is 0.390 e. The van der Waals surface area contributed by atoms with Crippen molar-refractivity contribution in [1.29, 1.82) is 0 Å². The first kappa shape index (κ1) is 26.5. The Labute approximate surface area is 219 Å². The van der Waals surface area contributed by atoms with Crippen LogP contribution in [0.2, 0.25) is 0 Å². The third-order valence-electron chi connectivity index (χ3n) is 12.7. The molecule has 4 aliphatic rings. The highest BCUT2D eigenvalue weighted by Gasteiger charge is 2.63. The molecule has 8 atom stereocenters. The van der Waals surface area contributed by atoms with Gasteiger partial charge >= 0.3 is 0 Å². The summed E-state index contributed by atoms with van der Waals surface area (Å²) in [5.41, 5.74) is 5.05. The Bertz CT molecular complexity index is 789. The molecule has 0 heterocycles. The van der Waals surface area contributed by atoms with Crippen molar-refractivity contribution in [3.8, 4) is 0 Å². The molecular weight excluding hydrogens is 515 g/mol. The molecule has 0 radical (unpaired) electrons. The Morgan fingerprint density at radius 2 is 1.58 bits per heavy atom. The maximum absolute atomic E-state index is 10.4. The second kappa shape index (κ2) is 8.49. The molecule has 0 saturated heterocycles. The molecule has 2 saturated carbocycles. The predicted molar refractivity (Wildman–Crippen MR) is 151 cm³/mol. The maximum Gasteiger partial charge on any atom is 0.0617 e. The predicted octanol–water partition coefficient (Wildman–Crippen LogP) is 9.36. The van der Waals surface area contributed by atoms with E-state index in [4.69, 9.17) is 0 Å². The van der Waals surface area contributed by atoms with Gasteiger partial charge in [-0.1, -0.05) is 88.6 Å². The topological polar surface area (TPSA) is 20.2 Å². The van der Waals surface area contributed by atoms with Gasteiger partial charge in [0.25, 0.3) is 0 Å². The lowest BCUT2D eigenvalue weighted by Gasteiger charge is -2.62. The molecule has 0 spiro atoms. The minimum absolute atomic E-state index is 0.368. The summed E-state index contributed by atoms with van der Waals surface area (Å²) in [7, 11) is 0. The number of alkyl halides is 1. The molecule has 1 nitrogen and oxygen atoms in total. The van der Waals surface area contributed by atoms with Gasteiger partial charge in [-0.15, -0.1) is 0 Å². The lowest BCUT2D eigenvalue weighted by molar-refractivity contribution is -0.0164. The average molecular weight is 569 g/mol. The van der Waals surface area contributed by atoms with E-state index in [2.05, 4.69) is 71.1 Å². The summed E-state index contributed by atoms with van der Waals surface area (Å²) in [6, 6.07) is 0. The summed E-state index contributed by atoms with van der Waals surface area (Å²) < 4.78 is 0.822. The van der Waals surface area contributed by atoms with Crippen molar-refractivity contribution in [2.24, 2.45) is 45.3 Å². The van der Waals surface area contributed by atoms with Crippen LogP contribution in [0.3, 0.4) is 0 Å². The van der Waals surface area contributed by atoms with Crippen LogP contribution in [0.25, 0.3) is 0 Å². The van der Waals surface area contributed by atoms with Crippen molar-refractivity contribution in [2.45, 2.75) is 136 Å². The van der Waals surface area contributed by atoms with Gasteiger partial charge in [0.2, 0.25) is 0 Å². The van der Waals surface area contributed by atoms with Crippen LogP contribution in [-0.2, 0) is 0 Å². The minimum Gasteiger partial charge on any atom is -0.390 e. The smallest absolute Gasteiger partial charge is 0.0617 e. The highest BCUT2D eigenvalue weighted by atomic mass is 127. The fraction of sp³-hybridized carbons (Fsp3) is 0.935. The van der Waals surface area contributed by atoms with E-state index in [0.29, 0.717) is 27.6 Å². The van der Waals surface area contributed by atoms with Gasteiger partial charge < -0.3 is 5.11 Å². The van der Waals surface area contributed by atoms with E-state index in [1.165, 1.54) is 57.8 Å². The van der Waals surface area contributed by atoms with Crippen LogP contribution in [0.4, 0.5) is 0 Å². The van der Waals surface area contributed by atoms with Crippen molar-refractivity contribution >= 4 is 22.6 Å². The van der Waals surface area contributed by atoms with E-state index in [1.54, 1.807) is 0 Å². The molecule has 0 aromatic heterocycles. The summed E-state index contributed by atoms with van der Waals surface area (Å²) in [6.07, 6.45) is 13.6. The van der Waals surface area contributed by atoms with Crippen molar-refractivity contribution in [3.05, 3.63) is 11.1 Å². The lowest BCUT2D eigenvalue weighted by atomic mass is 9.43. The van der Waals surface area contributed by atoms with Gasteiger partial charge in [0.15, 0.2) is 0 Å². The van der Waals surface area contributed by atoms with E-state index in [0.717, 1.165) is 28.1 Å². The number of rotatable bonds is 5. The Morgan fingerprint density at radius 1 is 0.909 bits per heavy atom. The van der Waals surface area contributed by atoms with E-state index >= 15 is 0 Å². The third kappa shape index (κ3) is 3.93. The first-order chi connectivity index (χ1) is 15.1. The minimum atomic E-state index is -0.558. The molecule has 0 bridgehead atoms. The van der Waals surface area contributed by atoms with Crippen LogP contribution in [0.15, 0.2) is 11.1 Å². The summed E-state index contributed by atoms with van der Waals surface area (Å²) in [5.74, 6) is 2.81. The van der Waals surface area contributed by atoms with Crippen LogP contribution >= 0.6 is 22.6 Å². The van der Waals surface area contributed by atoms with E-state index in [1.807, 2.05) is 25.0 Å². The van der Waals surface area contributed by atoms with Crippen molar-refractivity contribution in [2.75, 3.05) is 0 Å². The number of fused-ring (bicyclic) bond motifs is 4. The monoisotopic (exact) mass is 568 g/mol. The van der Waals surface area contributed by atoms with Gasteiger partial charge in [-0.3, -0.25) is 0 Å². The summed E-state index contributed by atoms with van der Waals surface area (Å²) in [4.78, 5) is 0. The Morgan fingerprint density at radius 3 is 2.21 bits per heavy atom. The van der Waals surface area contributed by atoms with E-state index in [-0.39, 0.29) is 0 Å². The zero-order valence-corrected chi connectivity index (χ0v) is 25.4. The number of allylic oxidation sites excluding steroid dienone is 2. The molecule has 0 aromatic rings. The highest BCUT2D eigenvalue weighted by Crippen LogP contribution is 2.72. The Kier molecular flexibility index (Phi) is 6.82. The second-order valence-corrected chi connectivity index (χ2v) is 16.3. The zero-order valence-electron chi connectivity index (χ0n) is 23.3. The van der Waals surface area contributed by atoms with Crippen molar-refractivity contribution in [1.82, 2.24) is 0 Å². The number of hydrogen-bond acceptors (Lipinski definition) is 1. The fourth-order valence-electron chi connectivity index (χ4n) is 9.67. The molecule has 2 heteroatoms. The first-order valence-electron chi connectivity index (χ1n) is 14.2. The second-order valence-electron chi connectivity index (χ2n) is 14.8. The summed E-state index contributed by atoms with van der Waals surface area (Å²) in [6.45, 7) is 21.9. The summed E-state index contributed by atoms with van der Waals surface area (Å²) in [5, 5.41) is 10.4. The average Bonchev–Trinajstić information content (AvgIpc) is 3.00. The molecule has 2 fully saturated rings. The van der Waals surface area contributed by atoms with Crippen molar-refractivity contribution in [3.63, 3.8) is 0 Å². The lowest BCUT2D eigenvalue weighted by Crippen LogP contribution is -2.54. The number of halogens is 1. The molecule has 190 valence electrons. The van der Waals surface area contributed by atoms with E-state index in [9.17, 15) is 5.11 Å². The van der Waals surface area contributed by atoms with Gasteiger partial charge in [-0.25, -0.2) is 0 Å². The van der Waals surface area contributed by atoms with Gasteiger partial charge in [-0.05, 0) is 117 Å². The maximum atomic E-state index is 10.4. The van der Waals surface area contributed by atoms with Crippen LogP contribution in [0.5, 0.6) is 0 Å². The molecular formula is C31H53IO. The van der Waals surface area contributed by atoms with Gasteiger partial charge in [0, 0.05) is 3.92 Å². The molecule has 0 amide bonds. The third-order valence-corrected chi connectivity index (χ3v) is 14.9. The quantitative estimate of drug-likeness (QED) is 0.199. The van der Waals surface area contributed by atoms with E-state index < -0.39 is 5.60 Å². The fourth-order valence-corrected chi connectivity index (χ4v) is 10.4. The zero-order chi connectivity index (χ0) is 24.6. The van der Waals surface area contributed by atoms with Gasteiger partial charge in [0.1, 0.15) is 0 Å². The number of aliphatic hydroxyl groups is 1. The van der Waals surface area contributed by atoms with Gasteiger partial charge in [-0.2, -0.15) is 0 Å².